The first kappa shape index (κ1) is 16.6. The Hall–Kier alpha value is -0.440. The van der Waals surface area contributed by atoms with Crippen LogP contribution >= 0.6 is 35.7 Å². The number of nitrogens with zero attached hydrogens (tertiary/aromatic N) is 4. The number of aliphatic imine (C=N–C) groups is 1. The fraction of sp³-hybridized carbons (Fsp3) is 0.667. The first-order valence-corrected chi connectivity index (χ1v) is 7.51. The van der Waals surface area contributed by atoms with Crippen molar-refractivity contribution < 1.29 is 0 Å². The molecule has 1 unspecified atom stereocenters. The van der Waals surface area contributed by atoms with E-state index in [-0.39, 0.29) is 24.0 Å². The molecular weight excluding hydrogens is 373 g/mol. The van der Waals surface area contributed by atoms with Crippen molar-refractivity contribution in [3.63, 3.8) is 0 Å². The summed E-state index contributed by atoms with van der Waals surface area (Å²) in [6.45, 7) is 5.86. The average Bonchev–Trinajstić information content (AvgIpc) is 2.90. The molecule has 0 aliphatic carbocycles. The Balaban J connectivity index is 0.00000180. The van der Waals surface area contributed by atoms with Gasteiger partial charge in [-0.05, 0) is 12.0 Å². The molecule has 7 heteroatoms. The largest absolute Gasteiger partial charge is 0.370 e. The third-order valence-corrected chi connectivity index (χ3v) is 3.90. The van der Waals surface area contributed by atoms with Crippen LogP contribution in [0.2, 0.25) is 0 Å². The molecule has 1 aliphatic heterocycles. The number of hydrogen-bond acceptors (Lipinski definition) is 3. The lowest BCUT2D eigenvalue weighted by Crippen LogP contribution is -2.42. The summed E-state index contributed by atoms with van der Waals surface area (Å²) >= 11 is 1.98. The zero-order valence-corrected chi connectivity index (χ0v) is 14.4. The Bertz CT molecular complexity index is 375. The lowest BCUT2D eigenvalue weighted by molar-refractivity contribution is 0.437. The summed E-state index contributed by atoms with van der Waals surface area (Å²) in [4.78, 5) is 6.68. The maximum atomic E-state index is 6.01. The van der Waals surface area contributed by atoms with Crippen molar-refractivity contribution >= 4 is 41.7 Å². The van der Waals surface area contributed by atoms with Crippen LogP contribution in [-0.2, 0) is 6.54 Å². The maximum absolute atomic E-state index is 6.01. The van der Waals surface area contributed by atoms with Gasteiger partial charge in [0.05, 0.1) is 0 Å². The molecule has 19 heavy (non-hydrogen) atoms. The Labute approximate surface area is 136 Å². The van der Waals surface area contributed by atoms with E-state index >= 15 is 0 Å². The SMILES string of the molecule is CC(CN=C(N)N1CCSCC1)Cn1cccn1.I. The molecule has 5 nitrogen and oxygen atoms in total. The highest BCUT2D eigenvalue weighted by Crippen LogP contribution is 2.09. The molecule has 1 saturated heterocycles. The van der Waals surface area contributed by atoms with Gasteiger partial charge in [0.2, 0.25) is 0 Å². The van der Waals surface area contributed by atoms with Crippen molar-refractivity contribution in [1.82, 2.24) is 14.7 Å². The summed E-state index contributed by atoms with van der Waals surface area (Å²) < 4.78 is 1.94. The second-order valence-electron chi connectivity index (χ2n) is 4.63. The molecule has 0 saturated carbocycles. The topological polar surface area (TPSA) is 59.4 Å². The fourth-order valence-electron chi connectivity index (χ4n) is 1.93. The van der Waals surface area contributed by atoms with Crippen LogP contribution in [0.5, 0.6) is 0 Å². The highest BCUT2D eigenvalue weighted by molar-refractivity contribution is 14.0. The molecule has 0 bridgehead atoms. The maximum Gasteiger partial charge on any atom is 0.191 e. The molecule has 0 spiro atoms. The van der Waals surface area contributed by atoms with Crippen LogP contribution in [0.1, 0.15) is 6.92 Å². The molecule has 1 aromatic rings. The van der Waals surface area contributed by atoms with Crippen LogP contribution in [0.4, 0.5) is 0 Å². The molecule has 1 aliphatic rings. The van der Waals surface area contributed by atoms with Gasteiger partial charge in [0.1, 0.15) is 0 Å². The third kappa shape index (κ3) is 5.60. The van der Waals surface area contributed by atoms with E-state index in [1.54, 1.807) is 6.20 Å². The monoisotopic (exact) mass is 395 g/mol. The highest BCUT2D eigenvalue weighted by atomic mass is 127. The Morgan fingerprint density at radius 2 is 2.21 bits per heavy atom. The second kappa shape index (κ2) is 8.68. The summed E-state index contributed by atoms with van der Waals surface area (Å²) in [5.74, 6) is 3.45. The number of rotatable bonds is 4. The summed E-state index contributed by atoms with van der Waals surface area (Å²) in [5, 5.41) is 4.20. The van der Waals surface area contributed by atoms with E-state index in [1.165, 1.54) is 0 Å². The van der Waals surface area contributed by atoms with Crippen molar-refractivity contribution in [1.29, 1.82) is 0 Å². The molecule has 108 valence electrons. The standard InChI is InChI=1S/C12H21N5S.HI/c1-11(10-17-4-2-3-15-17)9-14-12(13)16-5-7-18-8-6-16;/h2-4,11H,5-10H2,1H3,(H2,13,14);1H. The Morgan fingerprint density at radius 1 is 1.47 bits per heavy atom. The molecule has 0 radical (unpaired) electrons. The van der Waals surface area contributed by atoms with Gasteiger partial charge >= 0.3 is 0 Å². The number of halogens is 1. The van der Waals surface area contributed by atoms with Gasteiger partial charge in [-0.2, -0.15) is 16.9 Å². The lowest BCUT2D eigenvalue weighted by atomic mass is 10.2. The molecule has 0 amide bonds. The van der Waals surface area contributed by atoms with E-state index in [4.69, 9.17) is 5.73 Å². The van der Waals surface area contributed by atoms with Crippen LogP contribution < -0.4 is 5.73 Å². The minimum absolute atomic E-state index is 0. The number of guanidine groups is 1. The van der Waals surface area contributed by atoms with Gasteiger partial charge < -0.3 is 10.6 Å². The fourth-order valence-corrected chi connectivity index (χ4v) is 2.83. The second-order valence-corrected chi connectivity index (χ2v) is 5.86. The van der Waals surface area contributed by atoms with Gasteiger partial charge in [-0.15, -0.1) is 24.0 Å². The number of nitrogens with two attached hydrogens (primary N) is 1. The van der Waals surface area contributed by atoms with E-state index in [0.29, 0.717) is 11.9 Å². The van der Waals surface area contributed by atoms with Gasteiger partial charge in [0.25, 0.3) is 0 Å². The molecule has 2 rings (SSSR count). The van der Waals surface area contributed by atoms with E-state index in [1.807, 2.05) is 28.7 Å². The molecule has 2 heterocycles. The Kier molecular flexibility index (Phi) is 7.59. The molecule has 2 N–H and O–H groups in total. The Morgan fingerprint density at radius 3 is 2.84 bits per heavy atom. The van der Waals surface area contributed by atoms with Crippen LogP contribution in [0.15, 0.2) is 23.5 Å². The summed E-state index contributed by atoms with van der Waals surface area (Å²) in [5.41, 5.74) is 6.01. The highest BCUT2D eigenvalue weighted by Gasteiger charge is 2.12. The van der Waals surface area contributed by atoms with E-state index in [0.717, 1.165) is 37.7 Å². The van der Waals surface area contributed by atoms with Crippen molar-refractivity contribution in [2.75, 3.05) is 31.1 Å². The lowest BCUT2D eigenvalue weighted by Gasteiger charge is -2.27. The van der Waals surface area contributed by atoms with Crippen LogP contribution in [0.25, 0.3) is 0 Å². The first-order chi connectivity index (χ1) is 8.75. The number of thioether (sulfide) groups is 1. The van der Waals surface area contributed by atoms with Gasteiger partial charge in [0, 0.05) is 50.1 Å². The van der Waals surface area contributed by atoms with Crippen LogP contribution in [0.3, 0.4) is 0 Å². The van der Waals surface area contributed by atoms with Crippen molar-refractivity contribution in [3.05, 3.63) is 18.5 Å². The van der Waals surface area contributed by atoms with Gasteiger partial charge in [-0.25, -0.2) is 0 Å². The van der Waals surface area contributed by atoms with Crippen molar-refractivity contribution in [2.24, 2.45) is 16.6 Å². The molecular formula is C12H22IN5S. The van der Waals surface area contributed by atoms with Crippen LogP contribution in [0, 0.1) is 5.92 Å². The minimum Gasteiger partial charge on any atom is -0.370 e. The quantitative estimate of drug-likeness (QED) is 0.477. The van der Waals surface area contributed by atoms with Gasteiger partial charge in [0.15, 0.2) is 5.96 Å². The van der Waals surface area contributed by atoms with Gasteiger partial charge in [-0.3, -0.25) is 9.67 Å². The first-order valence-electron chi connectivity index (χ1n) is 6.36. The van der Waals surface area contributed by atoms with Gasteiger partial charge in [-0.1, -0.05) is 6.92 Å². The number of hydrogen-bond donors (Lipinski definition) is 1. The number of aromatic nitrogens is 2. The zero-order valence-electron chi connectivity index (χ0n) is 11.2. The third-order valence-electron chi connectivity index (χ3n) is 2.96. The van der Waals surface area contributed by atoms with E-state index in [2.05, 4.69) is 21.9 Å². The normalized spacial score (nSPS) is 17.9. The van der Waals surface area contributed by atoms with E-state index < -0.39 is 0 Å². The predicted molar refractivity (Wildman–Crippen MR) is 92.2 cm³/mol. The molecule has 1 fully saturated rings. The summed E-state index contributed by atoms with van der Waals surface area (Å²) in [6.07, 6.45) is 3.78. The molecule has 1 aromatic heterocycles. The van der Waals surface area contributed by atoms with E-state index in [9.17, 15) is 0 Å². The molecule has 1 atom stereocenters. The summed E-state index contributed by atoms with van der Waals surface area (Å²) in [7, 11) is 0. The van der Waals surface area contributed by atoms with Crippen molar-refractivity contribution in [2.45, 2.75) is 13.5 Å². The average molecular weight is 395 g/mol. The van der Waals surface area contributed by atoms with Crippen molar-refractivity contribution in [3.8, 4) is 0 Å². The van der Waals surface area contributed by atoms with Crippen LogP contribution in [-0.4, -0.2) is 51.8 Å². The molecule has 0 aromatic carbocycles. The summed E-state index contributed by atoms with van der Waals surface area (Å²) in [6, 6.07) is 1.94. The smallest absolute Gasteiger partial charge is 0.191 e. The zero-order chi connectivity index (χ0) is 12.8. The predicted octanol–water partition coefficient (Wildman–Crippen LogP) is 1.50. The minimum atomic E-state index is 0.